The van der Waals surface area contributed by atoms with Crippen LogP contribution in [-0.2, 0) is 20.9 Å². The van der Waals surface area contributed by atoms with E-state index >= 15 is 0 Å². The lowest BCUT2D eigenvalue weighted by Crippen LogP contribution is -2.50. The highest BCUT2D eigenvalue weighted by molar-refractivity contribution is 5.91. The van der Waals surface area contributed by atoms with Crippen molar-refractivity contribution in [1.82, 2.24) is 30.8 Å². The number of primary amides is 1. The van der Waals surface area contributed by atoms with Crippen molar-refractivity contribution in [3.8, 4) is 22.5 Å². The average molecular weight is 560 g/mol. The zero-order valence-corrected chi connectivity index (χ0v) is 24.2. The fourth-order valence-electron chi connectivity index (χ4n) is 5.75. The van der Waals surface area contributed by atoms with Gasteiger partial charge >= 0.3 is 0 Å². The highest BCUT2D eigenvalue weighted by Gasteiger charge is 2.35. The van der Waals surface area contributed by atoms with Crippen molar-refractivity contribution in [3.63, 3.8) is 0 Å². The molecule has 1 aliphatic rings. The largest absolute Gasteiger partial charge is 0.369 e. The summed E-state index contributed by atoms with van der Waals surface area (Å²) in [4.78, 5) is 41.3. The van der Waals surface area contributed by atoms with Crippen LogP contribution in [0.4, 0.5) is 0 Å². The molecule has 0 radical (unpaired) electrons. The summed E-state index contributed by atoms with van der Waals surface area (Å²) in [5, 5.41) is 17.5. The summed E-state index contributed by atoms with van der Waals surface area (Å²) >= 11 is 0. The van der Waals surface area contributed by atoms with Crippen molar-refractivity contribution < 1.29 is 14.4 Å². The van der Waals surface area contributed by atoms with Gasteiger partial charge in [-0.25, -0.2) is 0 Å². The van der Waals surface area contributed by atoms with Gasteiger partial charge in [0, 0.05) is 30.5 Å². The number of nitrogens with one attached hydrogen (secondary N) is 2. The van der Waals surface area contributed by atoms with Crippen LogP contribution in [0.5, 0.6) is 0 Å². The zero-order chi connectivity index (χ0) is 29.4. The number of likely N-dealkylation sites (tertiary alicyclic amines) is 1. The minimum absolute atomic E-state index is 0.0943. The number of aromatic nitrogens is 4. The quantitative estimate of drug-likeness (QED) is 0.304. The van der Waals surface area contributed by atoms with Crippen LogP contribution in [0, 0.1) is 17.8 Å². The summed E-state index contributed by atoms with van der Waals surface area (Å²) in [5.74, 6) is -1.16. The summed E-state index contributed by atoms with van der Waals surface area (Å²) in [5.41, 5.74) is 9.53. The minimum Gasteiger partial charge on any atom is -0.369 e. The molecule has 3 aromatic rings. The van der Waals surface area contributed by atoms with Gasteiger partial charge in [-0.2, -0.15) is 5.21 Å². The molecular formula is C31H41N7O3. The zero-order valence-electron chi connectivity index (χ0n) is 24.2. The van der Waals surface area contributed by atoms with E-state index in [2.05, 4.69) is 32.0 Å². The molecule has 1 fully saturated rings. The fourth-order valence-corrected chi connectivity index (χ4v) is 5.75. The lowest BCUT2D eigenvalue weighted by Gasteiger charge is -2.29. The number of benzene rings is 2. The van der Waals surface area contributed by atoms with Gasteiger partial charge in [0.2, 0.25) is 23.5 Å². The van der Waals surface area contributed by atoms with E-state index in [1.807, 2.05) is 68.1 Å². The van der Waals surface area contributed by atoms with Crippen LogP contribution < -0.4 is 11.1 Å². The van der Waals surface area contributed by atoms with E-state index in [4.69, 9.17) is 5.73 Å². The number of aromatic amines is 1. The van der Waals surface area contributed by atoms with Gasteiger partial charge in [-0.15, -0.1) is 10.2 Å². The maximum Gasteiger partial charge on any atom is 0.245 e. The van der Waals surface area contributed by atoms with E-state index in [9.17, 15) is 14.4 Å². The average Bonchev–Trinajstić information content (AvgIpc) is 3.45. The molecule has 0 unspecified atom stereocenters. The van der Waals surface area contributed by atoms with E-state index in [-0.39, 0.29) is 17.7 Å². The third-order valence-electron chi connectivity index (χ3n) is 7.73. The molecule has 4 N–H and O–H groups in total. The predicted octanol–water partition coefficient (Wildman–Crippen LogP) is 4.09. The van der Waals surface area contributed by atoms with Gasteiger partial charge in [0.15, 0.2) is 0 Å². The molecule has 41 heavy (non-hydrogen) atoms. The summed E-state index contributed by atoms with van der Waals surface area (Å²) in [6.07, 6.45) is 4.10. The number of amides is 3. The van der Waals surface area contributed by atoms with Crippen molar-refractivity contribution in [3.05, 3.63) is 54.1 Å². The Morgan fingerprint density at radius 1 is 1.10 bits per heavy atom. The second kappa shape index (κ2) is 14.0. The van der Waals surface area contributed by atoms with Crippen LogP contribution >= 0.6 is 0 Å². The summed E-state index contributed by atoms with van der Waals surface area (Å²) in [6, 6.07) is 15.3. The summed E-state index contributed by atoms with van der Waals surface area (Å²) < 4.78 is 0. The van der Waals surface area contributed by atoms with Gasteiger partial charge in [0.25, 0.3) is 0 Å². The van der Waals surface area contributed by atoms with Crippen LogP contribution in [0.2, 0.25) is 0 Å². The number of nitrogens with zero attached hydrogens (tertiary/aromatic N) is 4. The molecule has 10 nitrogen and oxygen atoms in total. The normalized spacial score (nSPS) is 17.2. The first kappa shape index (κ1) is 29.9. The molecule has 1 aromatic heterocycles. The van der Waals surface area contributed by atoms with Crippen LogP contribution in [-0.4, -0.2) is 55.8 Å². The smallest absolute Gasteiger partial charge is 0.245 e. The summed E-state index contributed by atoms with van der Waals surface area (Å²) in [6.45, 7) is 7.06. The van der Waals surface area contributed by atoms with E-state index in [0.29, 0.717) is 38.2 Å². The van der Waals surface area contributed by atoms with Crippen LogP contribution in [0.15, 0.2) is 48.5 Å². The minimum atomic E-state index is -0.626. The standard InChI is InChI=1S/C31H41N7O3/c1-4-10-25(26(28(32)39)17-20(2)3)30(40)33-27-15-7-8-16-38(31(27)41)19-21-11-9-12-22(18-21)23-13-5-6-14-24(23)29-34-36-37-35-29/h5-6,9,11-14,18,20,25-27H,4,7-8,10,15-17,19H2,1-3H3,(H2,32,39)(H,33,40)(H,34,35,36,37)/t25-,26+,27-/m0/s1. The SMILES string of the molecule is CCC[C@H](C(=O)N[C@H]1CCCCN(Cc2cccc(-c3ccccc3-c3nn[nH]n3)c2)C1=O)[C@@H](CC(C)C)C(N)=O. The molecule has 0 spiro atoms. The van der Waals surface area contributed by atoms with Gasteiger partial charge in [0.1, 0.15) is 6.04 Å². The Labute approximate surface area is 241 Å². The van der Waals surface area contributed by atoms with E-state index in [0.717, 1.165) is 41.5 Å². The highest BCUT2D eigenvalue weighted by atomic mass is 16.2. The number of hydrogen-bond donors (Lipinski definition) is 3. The highest BCUT2D eigenvalue weighted by Crippen LogP contribution is 2.31. The van der Waals surface area contributed by atoms with Crippen molar-refractivity contribution in [2.24, 2.45) is 23.5 Å². The third-order valence-corrected chi connectivity index (χ3v) is 7.73. The van der Waals surface area contributed by atoms with Gasteiger partial charge < -0.3 is 16.0 Å². The molecule has 2 heterocycles. The van der Waals surface area contributed by atoms with E-state index in [1.54, 1.807) is 0 Å². The van der Waals surface area contributed by atoms with Crippen molar-refractivity contribution >= 4 is 17.7 Å². The summed E-state index contributed by atoms with van der Waals surface area (Å²) in [7, 11) is 0. The van der Waals surface area contributed by atoms with Crippen molar-refractivity contribution in [2.75, 3.05) is 6.54 Å². The molecule has 218 valence electrons. The second-order valence-electron chi connectivity index (χ2n) is 11.3. The molecule has 10 heteroatoms. The van der Waals surface area contributed by atoms with Crippen molar-refractivity contribution in [1.29, 1.82) is 0 Å². The Morgan fingerprint density at radius 2 is 1.88 bits per heavy atom. The monoisotopic (exact) mass is 559 g/mol. The van der Waals surface area contributed by atoms with Crippen LogP contribution in [0.3, 0.4) is 0 Å². The van der Waals surface area contributed by atoms with Gasteiger partial charge in [0.05, 0.1) is 0 Å². The molecule has 0 saturated carbocycles. The lowest BCUT2D eigenvalue weighted by molar-refractivity contribution is -0.139. The third kappa shape index (κ3) is 7.56. The first-order valence-corrected chi connectivity index (χ1v) is 14.6. The molecule has 1 aliphatic heterocycles. The Bertz CT molecular complexity index is 1320. The molecule has 3 amide bonds. The first-order chi connectivity index (χ1) is 19.8. The van der Waals surface area contributed by atoms with Crippen LogP contribution in [0.25, 0.3) is 22.5 Å². The van der Waals surface area contributed by atoms with Gasteiger partial charge in [-0.1, -0.05) is 69.7 Å². The number of hydrogen-bond acceptors (Lipinski definition) is 6. The maximum atomic E-state index is 13.7. The number of rotatable bonds is 12. The molecule has 1 saturated heterocycles. The van der Waals surface area contributed by atoms with Crippen molar-refractivity contribution in [2.45, 2.75) is 71.9 Å². The van der Waals surface area contributed by atoms with Crippen LogP contribution in [0.1, 0.15) is 64.9 Å². The lowest BCUT2D eigenvalue weighted by atomic mass is 9.81. The Hall–Kier alpha value is -4.08. The Balaban J connectivity index is 1.51. The number of tetrazole rings is 1. The number of carbonyl (C=O) groups is 3. The molecular weight excluding hydrogens is 518 g/mol. The van der Waals surface area contributed by atoms with E-state index in [1.165, 1.54) is 0 Å². The first-order valence-electron chi connectivity index (χ1n) is 14.6. The Morgan fingerprint density at radius 3 is 2.56 bits per heavy atom. The topological polar surface area (TPSA) is 147 Å². The molecule has 2 aromatic carbocycles. The predicted molar refractivity (Wildman–Crippen MR) is 157 cm³/mol. The fraction of sp³-hybridized carbons (Fsp3) is 0.484. The number of H-pyrrole nitrogens is 1. The van der Waals surface area contributed by atoms with Gasteiger partial charge in [-0.3, -0.25) is 14.4 Å². The number of nitrogens with two attached hydrogens (primary N) is 1. The molecule has 0 aliphatic carbocycles. The molecule has 4 rings (SSSR count). The van der Waals surface area contributed by atoms with Gasteiger partial charge in [-0.05, 0) is 66.0 Å². The molecule has 0 bridgehead atoms. The second-order valence-corrected chi connectivity index (χ2v) is 11.3. The maximum absolute atomic E-state index is 13.7. The Kier molecular flexibility index (Phi) is 10.2. The number of carbonyl (C=O) groups excluding carboxylic acids is 3. The molecule has 3 atom stereocenters. The van der Waals surface area contributed by atoms with E-state index < -0.39 is 23.8 Å².